The Morgan fingerprint density at radius 3 is 2.73 bits per heavy atom. The van der Waals surface area contributed by atoms with Crippen molar-refractivity contribution in [2.45, 2.75) is 23.0 Å². The third-order valence-electron chi connectivity index (χ3n) is 4.15. The molecule has 6 heteroatoms. The highest BCUT2D eigenvalue weighted by molar-refractivity contribution is 8.00. The number of hydroxylamine groups is 2. The van der Waals surface area contributed by atoms with Gasteiger partial charge in [0.1, 0.15) is 0 Å². The summed E-state index contributed by atoms with van der Waals surface area (Å²) in [5, 5.41) is 12.8. The normalized spacial score (nSPS) is 17.2. The summed E-state index contributed by atoms with van der Waals surface area (Å²) in [4.78, 5) is 17.6. The SMILES string of the molecule is CON1CCC(Sc2cn(C)c3ccc(C(=O)O)cc23)CC1. The van der Waals surface area contributed by atoms with E-state index >= 15 is 0 Å². The van der Waals surface area contributed by atoms with Gasteiger partial charge in [-0.1, -0.05) is 0 Å². The van der Waals surface area contributed by atoms with Crippen LogP contribution in [0.5, 0.6) is 0 Å². The third kappa shape index (κ3) is 2.99. The van der Waals surface area contributed by atoms with Crippen LogP contribution in [0.25, 0.3) is 10.9 Å². The number of rotatable bonds is 4. The topological polar surface area (TPSA) is 54.7 Å². The van der Waals surface area contributed by atoms with Crippen molar-refractivity contribution < 1.29 is 14.7 Å². The van der Waals surface area contributed by atoms with Gasteiger partial charge in [0.25, 0.3) is 0 Å². The van der Waals surface area contributed by atoms with Crippen LogP contribution in [0.1, 0.15) is 23.2 Å². The van der Waals surface area contributed by atoms with Gasteiger partial charge in [0.05, 0.1) is 12.7 Å². The third-order valence-corrected chi connectivity index (χ3v) is 5.54. The second kappa shape index (κ2) is 6.32. The highest BCUT2D eigenvalue weighted by Gasteiger charge is 2.21. The molecule has 0 spiro atoms. The average Bonchev–Trinajstić information content (AvgIpc) is 2.84. The van der Waals surface area contributed by atoms with Gasteiger partial charge in [0, 0.05) is 47.4 Å². The summed E-state index contributed by atoms with van der Waals surface area (Å²) in [6.07, 6.45) is 4.25. The van der Waals surface area contributed by atoms with E-state index in [0.717, 1.165) is 41.7 Å². The molecule has 1 aromatic heterocycles. The van der Waals surface area contributed by atoms with Gasteiger partial charge in [0.2, 0.25) is 0 Å². The summed E-state index contributed by atoms with van der Waals surface area (Å²) in [6.45, 7) is 1.89. The summed E-state index contributed by atoms with van der Waals surface area (Å²) >= 11 is 1.85. The molecule has 1 aromatic carbocycles. The molecule has 1 aliphatic rings. The predicted molar refractivity (Wildman–Crippen MR) is 87.3 cm³/mol. The van der Waals surface area contributed by atoms with Gasteiger partial charge < -0.3 is 14.5 Å². The van der Waals surface area contributed by atoms with E-state index in [1.165, 1.54) is 0 Å². The Morgan fingerprint density at radius 1 is 1.36 bits per heavy atom. The molecule has 1 aliphatic heterocycles. The minimum atomic E-state index is -0.880. The van der Waals surface area contributed by atoms with Crippen molar-refractivity contribution in [3.8, 4) is 0 Å². The number of carboxylic acid groups (broad SMARTS) is 1. The zero-order valence-electron chi connectivity index (χ0n) is 12.8. The molecule has 118 valence electrons. The fourth-order valence-corrected chi connectivity index (χ4v) is 4.21. The first-order valence-corrected chi connectivity index (χ1v) is 8.24. The van der Waals surface area contributed by atoms with Crippen molar-refractivity contribution >= 4 is 28.6 Å². The minimum Gasteiger partial charge on any atom is -0.478 e. The lowest BCUT2D eigenvalue weighted by molar-refractivity contribution is -0.140. The molecule has 3 rings (SSSR count). The number of piperidine rings is 1. The molecule has 0 atom stereocenters. The van der Waals surface area contributed by atoms with Gasteiger partial charge in [-0.05, 0) is 31.0 Å². The molecular weight excluding hydrogens is 300 g/mol. The molecule has 2 heterocycles. The van der Waals surface area contributed by atoms with E-state index in [0.29, 0.717) is 10.8 Å². The summed E-state index contributed by atoms with van der Waals surface area (Å²) in [6, 6.07) is 5.33. The lowest BCUT2D eigenvalue weighted by Gasteiger charge is -2.29. The number of fused-ring (bicyclic) bond motifs is 1. The highest BCUT2D eigenvalue weighted by Crippen LogP contribution is 2.36. The maximum absolute atomic E-state index is 11.2. The smallest absolute Gasteiger partial charge is 0.335 e. The second-order valence-electron chi connectivity index (χ2n) is 5.57. The van der Waals surface area contributed by atoms with Gasteiger partial charge in [-0.15, -0.1) is 11.8 Å². The van der Waals surface area contributed by atoms with Crippen LogP contribution in [0.4, 0.5) is 0 Å². The number of carbonyl (C=O) groups is 1. The Morgan fingerprint density at radius 2 is 2.09 bits per heavy atom. The van der Waals surface area contributed by atoms with Gasteiger partial charge in [0.15, 0.2) is 0 Å². The summed E-state index contributed by atoms with van der Waals surface area (Å²) < 4.78 is 2.06. The van der Waals surface area contributed by atoms with Gasteiger partial charge in [-0.2, -0.15) is 5.06 Å². The fourth-order valence-electron chi connectivity index (χ4n) is 2.89. The summed E-state index contributed by atoms with van der Waals surface area (Å²) in [5.41, 5.74) is 1.41. The zero-order chi connectivity index (χ0) is 15.7. The quantitative estimate of drug-likeness (QED) is 0.938. The number of hydrogen-bond donors (Lipinski definition) is 1. The number of aromatic nitrogens is 1. The number of hydrogen-bond acceptors (Lipinski definition) is 4. The van der Waals surface area contributed by atoms with Crippen LogP contribution in [0.15, 0.2) is 29.3 Å². The first kappa shape index (κ1) is 15.4. The van der Waals surface area contributed by atoms with Crippen molar-refractivity contribution in [2.24, 2.45) is 7.05 Å². The number of benzene rings is 1. The summed E-state index contributed by atoms with van der Waals surface area (Å²) in [7, 11) is 3.71. The molecular formula is C16H20N2O3S. The molecule has 0 saturated carbocycles. The van der Waals surface area contributed by atoms with Gasteiger partial charge in [-0.25, -0.2) is 4.79 Å². The number of thioether (sulfide) groups is 1. The van der Waals surface area contributed by atoms with E-state index in [-0.39, 0.29) is 0 Å². The lowest BCUT2D eigenvalue weighted by Crippen LogP contribution is -2.33. The second-order valence-corrected chi connectivity index (χ2v) is 6.91. The molecule has 2 aromatic rings. The fraction of sp³-hybridized carbons (Fsp3) is 0.438. The number of aryl methyl sites for hydroxylation is 1. The van der Waals surface area contributed by atoms with Crippen molar-refractivity contribution in [1.82, 2.24) is 9.63 Å². The van der Waals surface area contributed by atoms with Crippen molar-refractivity contribution in [3.63, 3.8) is 0 Å². The Kier molecular flexibility index (Phi) is 4.42. The van der Waals surface area contributed by atoms with Crippen LogP contribution in [-0.4, -0.2) is 46.2 Å². The predicted octanol–water partition coefficient (Wildman–Crippen LogP) is 2.99. The molecule has 0 bridgehead atoms. The van der Waals surface area contributed by atoms with Crippen LogP contribution >= 0.6 is 11.8 Å². The molecule has 5 nitrogen and oxygen atoms in total. The number of aromatic carboxylic acids is 1. The van der Waals surface area contributed by atoms with Crippen LogP contribution in [0, 0.1) is 0 Å². The first-order valence-electron chi connectivity index (χ1n) is 7.36. The van der Waals surface area contributed by atoms with E-state index < -0.39 is 5.97 Å². The lowest BCUT2D eigenvalue weighted by atomic mass is 10.1. The van der Waals surface area contributed by atoms with Crippen LogP contribution < -0.4 is 0 Å². The van der Waals surface area contributed by atoms with E-state index in [1.54, 1.807) is 19.2 Å². The van der Waals surface area contributed by atoms with Gasteiger partial charge >= 0.3 is 5.97 Å². The average molecular weight is 320 g/mol. The Bertz CT molecular complexity index is 690. The number of carboxylic acids is 1. The van der Waals surface area contributed by atoms with E-state index in [9.17, 15) is 9.90 Å². The molecule has 0 amide bonds. The van der Waals surface area contributed by atoms with Crippen LogP contribution in [0.2, 0.25) is 0 Å². The Hall–Kier alpha value is -1.50. The molecule has 1 N–H and O–H groups in total. The Balaban J connectivity index is 1.84. The zero-order valence-corrected chi connectivity index (χ0v) is 13.6. The first-order chi connectivity index (χ1) is 10.6. The van der Waals surface area contributed by atoms with Gasteiger partial charge in [-0.3, -0.25) is 0 Å². The van der Waals surface area contributed by atoms with Crippen LogP contribution in [-0.2, 0) is 11.9 Å². The molecule has 22 heavy (non-hydrogen) atoms. The van der Waals surface area contributed by atoms with Crippen molar-refractivity contribution in [1.29, 1.82) is 0 Å². The van der Waals surface area contributed by atoms with Crippen LogP contribution in [0.3, 0.4) is 0 Å². The summed E-state index contributed by atoms with van der Waals surface area (Å²) in [5.74, 6) is -0.880. The minimum absolute atomic E-state index is 0.342. The largest absolute Gasteiger partial charge is 0.478 e. The monoisotopic (exact) mass is 320 g/mol. The molecule has 0 aliphatic carbocycles. The molecule has 0 radical (unpaired) electrons. The number of nitrogens with zero attached hydrogens (tertiary/aromatic N) is 2. The molecule has 1 saturated heterocycles. The molecule has 0 unspecified atom stereocenters. The van der Waals surface area contributed by atoms with Crippen molar-refractivity contribution in [3.05, 3.63) is 30.0 Å². The Labute approximate surface area is 133 Å². The maximum Gasteiger partial charge on any atom is 0.335 e. The highest BCUT2D eigenvalue weighted by atomic mass is 32.2. The standard InChI is InChI=1S/C16H20N2O3S/c1-17-10-15(22-12-5-7-18(21-2)8-6-12)13-9-11(16(19)20)3-4-14(13)17/h3-4,9-10,12H,5-8H2,1-2H3,(H,19,20). The molecule has 1 fully saturated rings. The van der Waals surface area contributed by atoms with E-state index in [4.69, 9.17) is 4.84 Å². The maximum atomic E-state index is 11.2. The van der Waals surface area contributed by atoms with E-state index in [2.05, 4.69) is 10.8 Å². The van der Waals surface area contributed by atoms with Crippen molar-refractivity contribution in [2.75, 3.05) is 20.2 Å². The van der Waals surface area contributed by atoms with E-state index in [1.807, 2.05) is 29.9 Å².